The smallest absolute Gasteiger partial charge is 0.408 e. The number of nitrogens with one attached hydrogen (secondary N) is 2. The third-order valence-corrected chi connectivity index (χ3v) is 5.18. The number of hydrogen-bond acceptors (Lipinski definition) is 5. The normalized spacial score (nSPS) is 11.1. The van der Waals surface area contributed by atoms with Gasteiger partial charge in [0, 0.05) is 16.3 Å². The zero-order chi connectivity index (χ0) is 20.7. The minimum Gasteiger partial charge on any atom is -0.408 e. The maximum Gasteiger partial charge on any atom is 0.416 e. The van der Waals surface area contributed by atoms with Crippen molar-refractivity contribution in [2.24, 2.45) is 5.18 Å². The molecule has 3 aromatic carbocycles. The molecule has 0 spiro atoms. The van der Waals surface area contributed by atoms with Gasteiger partial charge in [-0.25, -0.2) is 9.78 Å². The van der Waals surface area contributed by atoms with Crippen LogP contribution in [0.4, 0.5) is 5.95 Å². The number of benzene rings is 3. The molecule has 0 aliphatic rings. The summed E-state index contributed by atoms with van der Waals surface area (Å²) in [5, 5.41) is 3.38. The van der Waals surface area contributed by atoms with Gasteiger partial charge in [-0.2, -0.15) is 0 Å². The second kappa shape index (κ2) is 7.13. The molecule has 0 unspecified atom stereocenters. The number of nitroso groups, excluding NO2 is 1. The van der Waals surface area contributed by atoms with Gasteiger partial charge in [-0.1, -0.05) is 60.1 Å². The standard InChI is InChI=1S/C22H13ClN4O3/c23-17-10-19-18(25-21(26-19)27-29)9-16(17)14-5-1-12(2-6-14)13-3-7-15(8-4-13)20-11-24-22(28)30-20/h1-11H,(H,24,28)(H,25,26). The quantitative estimate of drug-likeness (QED) is 0.356. The predicted molar refractivity (Wildman–Crippen MR) is 116 cm³/mol. The lowest BCUT2D eigenvalue weighted by Crippen LogP contribution is -1.92. The summed E-state index contributed by atoms with van der Waals surface area (Å²) < 4.78 is 5.08. The molecule has 5 aromatic rings. The van der Waals surface area contributed by atoms with Gasteiger partial charge in [0.2, 0.25) is 0 Å². The van der Waals surface area contributed by atoms with Crippen LogP contribution in [0.5, 0.6) is 0 Å². The first-order chi connectivity index (χ1) is 14.6. The van der Waals surface area contributed by atoms with Crippen LogP contribution < -0.4 is 5.76 Å². The highest BCUT2D eigenvalue weighted by Gasteiger charge is 2.10. The van der Waals surface area contributed by atoms with E-state index in [0.717, 1.165) is 27.8 Å². The highest BCUT2D eigenvalue weighted by molar-refractivity contribution is 6.34. The zero-order valence-electron chi connectivity index (χ0n) is 15.3. The highest BCUT2D eigenvalue weighted by atomic mass is 35.5. The van der Waals surface area contributed by atoms with Gasteiger partial charge in [-0.15, -0.1) is 4.91 Å². The lowest BCUT2D eigenvalue weighted by Gasteiger charge is -2.07. The minimum atomic E-state index is -0.477. The van der Waals surface area contributed by atoms with Crippen LogP contribution in [0, 0.1) is 4.91 Å². The molecule has 0 fully saturated rings. The number of fused-ring (bicyclic) bond motifs is 1. The number of oxazole rings is 1. The SMILES string of the molecule is O=Nc1nc2cc(-c3ccc(-c4ccc(-c5c[nH]c(=O)o5)cc4)cc3)c(Cl)cc2[nH]1. The Hall–Kier alpha value is -3.97. The highest BCUT2D eigenvalue weighted by Crippen LogP contribution is 2.34. The Kier molecular flexibility index (Phi) is 4.30. The summed E-state index contributed by atoms with van der Waals surface area (Å²) >= 11 is 6.43. The maximum atomic E-state index is 11.2. The maximum absolute atomic E-state index is 11.2. The molecule has 146 valence electrons. The van der Waals surface area contributed by atoms with Crippen LogP contribution in [0.3, 0.4) is 0 Å². The molecule has 0 aliphatic heterocycles. The molecule has 0 amide bonds. The van der Waals surface area contributed by atoms with E-state index in [1.807, 2.05) is 54.6 Å². The van der Waals surface area contributed by atoms with Crippen molar-refractivity contribution >= 4 is 28.6 Å². The van der Waals surface area contributed by atoms with Crippen molar-refractivity contribution in [2.75, 3.05) is 0 Å². The topological polar surface area (TPSA) is 104 Å². The molecule has 30 heavy (non-hydrogen) atoms. The molecule has 5 rings (SSSR count). The number of halogens is 1. The van der Waals surface area contributed by atoms with Crippen molar-refractivity contribution in [3.8, 4) is 33.6 Å². The first-order valence-electron chi connectivity index (χ1n) is 9.03. The molecular formula is C22H13ClN4O3. The summed E-state index contributed by atoms with van der Waals surface area (Å²) in [6, 6.07) is 19.3. The van der Waals surface area contributed by atoms with Gasteiger partial charge >= 0.3 is 5.76 Å². The van der Waals surface area contributed by atoms with Crippen molar-refractivity contribution < 1.29 is 4.42 Å². The fourth-order valence-corrected chi connectivity index (χ4v) is 3.65. The van der Waals surface area contributed by atoms with E-state index in [2.05, 4.69) is 20.1 Å². The second-order valence-corrected chi connectivity index (χ2v) is 7.11. The van der Waals surface area contributed by atoms with Crippen molar-refractivity contribution in [1.29, 1.82) is 0 Å². The molecule has 8 heteroatoms. The Morgan fingerprint density at radius 2 is 1.53 bits per heavy atom. The van der Waals surface area contributed by atoms with Gasteiger partial charge in [0.25, 0.3) is 5.95 Å². The first-order valence-corrected chi connectivity index (χ1v) is 9.41. The van der Waals surface area contributed by atoms with Crippen LogP contribution in [0.25, 0.3) is 44.6 Å². The minimum absolute atomic E-state index is 0.0240. The van der Waals surface area contributed by atoms with Crippen molar-refractivity contribution in [3.63, 3.8) is 0 Å². The van der Waals surface area contributed by atoms with Gasteiger partial charge < -0.3 is 9.40 Å². The number of H-pyrrole nitrogens is 2. The summed E-state index contributed by atoms with van der Waals surface area (Å²) in [4.78, 5) is 31.3. The summed E-state index contributed by atoms with van der Waals surface area (Å²) in [6.07, 6.45) is 1.54. The number of rotatable bonds is 4. The Balaban J connectivity index is 1.45. The molecule has 0 saturated carbocycles. The molecule has 2 N–H and O–H groups in total. The van der Waals surface area contributed by atoms with Gasteiger partial charge in [0.1, 0.15) is 0 Å². The van der Waals surface area contributed by atoms with E-state index in [1.54, 1.807) is 12.3 Å². The first kappa shape index (κ1) is 18.1. The lowest BCUT2D eigenvalue weighted by molar-refractivity contribution is 0.528. The van der Waals surface area contributed by atoms with E-state index in [-0.39, 0.29) is 5.95 Å². The van der Waals surface area contributed by atoms with E-state index >= 15 is 0 Å². The van der Waals surface area contributed by atoms with Crippen LogP contribution in [0.15, 0.2) is 81.2 Å². The third kappa shape index (κ3) is 3.21. The average molecular weight is 417 g/mol. The summed E-state index contributed by atoms with van der Waals surface area (Å²) in [5.41, 5.74) is 5.91. The number of nitrogens with zero attached hydrogens (tertiary/aromatic N) is 2. The Bertz CT molecular complexity index is 1430. The molecule has 2 heterocycles. The van der Waals surface area contributed by atoms with Gasteiger partial charge in [0.15, 0.2) is 5.76 Å². The lowest BCUT2D eigenvalue weighted by atomic mass is 9.99. The van der Waals surface area contributed by atoms with E-state index in [9.17, 15) is 9.70 Å². The van der Waals surface area contributed by atoms with Crippen LogP contribution in [0.1, 0.15) is 0 Å². The molecule has 7 nitrogen and oxygen atoms in total. The van der Waals surface area contributed by atoms with Gasteiger partial charge in [0.05, 0.1) is 22.3 Å². The van der Waals surface area contributed by atoms with Crippen molar-refractivity contribution in [3.05, 3.63) is 87.3 Å². The predicted octanol–water partition coefficient (Wildman–Crippen LogP) is 5.90. The molecule has 0 saturated heterocycles. The van der Waals surface area contributed by atoms with E-state index in [1.165, 1.54) is 0 Å². The number of hydrogen-bond donors (Lipinski definition) is 2. The summed E-state index contributed by atoms with van der Waals surface area (Å²) in [7, 11) is 0. The number of aromatic nitrogens is 3. The summed E-state index contributed by atoms with van der Waals surface area (Å²) in [5.74, 6) is 0.0455. The van der Waals surface area contributed by atoms with Crippen LogP contribution in [0.2, 0.25) is 5.02 Å². The third-order valence-electron chi connectivity index (χ3n) is 4.87. The summed E-state index contributed by atoms with van der Waals surface area (Å²) in [6.45, 7) is 0. The number of aromatic amines is 2. The zero-order valence-corrected chi connectivity index (χ0v) is 16.1. The van der Waals surface area contributed by atoms with Crippen LogP contribution >= 0.6 is 11.6 Å². The van der Waals surface area contributed by atoms with Crippen LogP contribution in [-0.4, -0.2) is 15.0 Å². The average Bonchev–Trinajstić information content (AvgIpc) is 3.39. The Labute approximate surface area is 174 Å². The molecule has 0 aliphatic carbocycles. The van der Waals surface area contributed by atoms with E-state index in [4.69, 9.17) is 16.0 Å². The Morgan fingerprint density at radius 1 is 0.900 bits per heavy atom. The molecule has 2 aromatic heterocycles. The molecular weight excluding hydrogens is 404 g/mol. The largest absolute Gasteiger partial charge is 0.416 e. The van der Waals surface area contributed by atoms with Gasteiger partial charge in [-0.05, 0) is 28.8 Å². The number of imidazole rings is 1. The van der Waals surface area contributed by atoms with E-state index < -0.39 is 5.76 Å². The monoisotopic (exact) mass is 416 g/mol. The van der Waals surface area contributed by atoms with Crippen molar-refractivity contribution in [2.45, 2.75) is 0 Å². The molecule has 0 atom stereocenters. The fraction of sp³-hybridized carbons (Fsp3) is 0. The van der Waals surface area contributed by atoms with Crippen LogP contribution in [-0.2, 0) is 0 Å². The second-order valence-electron chi connectivity index (χ2n) is 6.70. The van der Waals surface area contributed by atoms with Crippen molar-refractivity contribution in [1.82, 2.24) is 15.0 Å². The van der Waals surface area contributed by atoms with Gasteiger partial charge in [-0.3, -0.25) is 4.98 Å². The van der Waals surface area contributed by atoms with E-state index in [0.29, 0.717) is 21.8 Å². The fourth-order valence-electron chi connectivity index (χ4n) is 3.38. The Morgan fingerprint density at radius 3 is 2.13 bits per heavy atom. The molecule has 0 radical (unpaired) electrons. The molecule has 0 bridgehead atoms.